The quantitative estimate of drug-likeness (QED) is 0.605. The van der Waals surface area contributed by atoms with E-state index in [9.17, 15) is 22.8 Å². The van der Waals surface area contributed by atoms with Gasteiger partial charge < -0.3 is 9.15 Å². The summed E-state index contributed by atoms with van der Waals surface area (Å²) in [4.78, 5) is 21.8. The van der Waals surface area contributed by atoms with Crippen LogP contribution in [0.5, 0.6) is 0 Å². The Morgan fingerprint density at radius 1 is 1.33 bits per heavy atom. The van der Waals surface area contributed by atoms with Crippen LogP contribution in [0.25, 0.3) is 0 Å². The second kappa shape index (κ2) is 5.70. The minimum atomic E-state index is -4.96. The summed E-state index contributed by atoms with van der Waals surface area (Å²) in [5.74, 6) is -3.15. The molecular weight excluding hydrogens is 253 g/mol. The van der Waals surface area contributed by atoms with Crippen LogP contribution in [0.4, 0.5) is 13.2 Å². The van der Waals surface area contributed by atoms with E-state index in [4.69, 9.17) is 4.42 Å². The lowest BCUT2D eigenvalue weighted by Gasteiger charge is -2.01. The van der Waals surface area contributed by atoms with Gasteiger partial charge in [0.15, 0.2) is 5.76 Å². The number of ketones is 1. The van der Waals surface area contributed by atoms with Gasteiger partial charge in [-0.2, -0.15) is 13.2 Å². The van der Waals surface area contributed by atoms with Gasteiger partial charge in [-0.1, -0.05) is 0 Å². The second-order valence-corrected chi connectivity index (χ2v) is 3.40. The zero-order valence-corrected chi connectivity index (χ0v) is 9.54. The maximum atomic E-state index is 12.1. The van der Waals surface area contributed by atoms with Crippen LogP contribution in [-0.2, 0) is 16.0 Å². The lowest BCUT2D eigenvalue weighted by Crippen LogP contribution is -2.22. The highest BCUT2D eigenvalue weighted by Gasteiger charge is 2.41. The summed E-state index contributed by atoms with van der Waals surface area (Å²) in [6.07, 6.45) is -4.89. The molecule has 0 atom stereocenters. The van der Waals surface area contributed by atoms with E-state index >= 15 is 0 Å². The summed E-state index contributed by atoms with van der Waals surface area (Å²) in [7, 11) is 0. The number of ether oxygens (including phenoxy) is 1. The van der Waals surface area contributed by atoms with Crippen molar-refractivity contribution in [2.75, 3.05) is 6.61 Å². The number of hydrogen-bond acceptors (Lipinski definition) is 4. The van der Waals surface area contributed by atoms with Gasteiger partial charge in [0.05, 0.1) is 13.0 Å². The third-order valence-electron chi connectivity index (χ3n) is 2.02. The number of esters is 1. The fraction of sp³-hybridized carbons (Fsp3) is 0.455. The van der Waals surface area contributed by atoms with Gasteiger partial charge in [-0.3, -0.25) is 9.59 Å². The van der Waals surface area contributed by atoms with Gasteiger partial charge in [-0.15, -0.1) is 0 Å². The second-order valence-electron chi connectivity index (χ2n) is 3.40. The molecule has 18 heavy (non-hydrogen) atoms. The van der Waals surface area contributed by atoms with E-state index in [-0.39, 0.29) is 25.2 Å². The van der Waals surface area contributed by atoms with Gasteiger partial charge in [-0.05, 0) is 19.1 Å². The van der Waals surface area contributed by atoms with Crippen molar-refractivity contribution in [2.24, 2.45) is 0 Å². The number of rotatable bonds is 5. The average Bonchev–Trinajstić information content (AvgIpc) is 2.73. The predicted molar refractivity (Wildman–Crippen MR) is 54.0 cm³/mol. The van der Waals surface area contributed by atoms with Crippen LogP contribution >= 0.6 is 0 Å². The minimum absolute atomic E-state index is 0.0129. The summed E-state index contributed by atoms with van der Waals surface area (Å²) in [6.45, 7) is 1.87. The number of halogens is 3. The van der Waals surface area contributed by atoms with Crippen LogP contribution in [0.3, 0.4) is 0 Å². The Labute approximate surface area is 101 Å². The molecular formula is C11H11F3O4. The zero-order valence-electron chi connectivity index (χ0n) is 9.54. The van der Waals surface area contributed by atoms with Crippen LogP contribution in [0, 0.1) is 0 Å². The van der Waals surface area contributed by atoms with Gasteiger partial charge in [-0.25, -0.2) is 0 Å². The van der Waals surface area contributed by atoms with Crippen molar-refractivity contribution in [1.29, 1.82) is 0 Å². The number of furan rings is 1. The van der Waals surface area contributed by atoms with E-state index in [1.54, 1.807) is 6.92 Å². The summed E-state index contributed by atoms with van der Waals surface area (Å²) in [5.41, 5.74) is 0. The minimum Gasteiger partial charge on any atom is -0.466 e. The smallest absolute Gasteiger partial charge is 0.458 e. The fourth-order valence-corrected chi connectivity index (χ4v) is 1.23. The maximum Gasteiger partial charge on any atom is 0.458 e. The van der Waals surface area contributed by atoms with Gasteiger partial charge in [0.25, 0.3) is 0 Å². The van der Waals surface area contributed by atoms with Gasteiger partial charge >= 0.3 is 17.9 Å². The van der Waals surface area contributed by atoms with Crippen molar-refractivity contribution < 1.29 is 31.9 Å². The topological polar surface area (TPSA) is 56.5 Å². The molecule has 0 fully saturated rings. The SMILES string of the molecule is CCOC(=O)CCc1ccc(C(=O)C(F)(F)F)o1. The third-order valence-corrected chi connectivity index (χ3v) is 2.02. The molecule has 0 unspecified atom stereocenters. The normalized spacial score (nSPS) is 11.3. The molecule has 0 aliphatic heterocycles. The van der Waals surface area contributed by atoms with E-state index in [0.717, 1.165) is 6.07 Å². The highest BCUT2D eigenvalue weighted by Crippen LogP contribution is 2.23. The first-order valence-electron chi connectivity index (χ1n) is 5.20. The number of alkyl halides is 3. The number of aryl methyl sites for hydroxylation is 1. The summed E-state index contributed by atoms with van der Waals surface area (Å²) in [6, 6.07) is 2.18. The molecule has 0 radical (unpaired) electrons. The van der Waals surface area contributed by atoms with Crippen molar-refractivity contribution in [3.8, 4) is 0 Å². The van der Waals surface area contributed by atoms with Gasteiger partial charge in [0, 0.05) is 6.42 Å². The van der Waals surface area contributed by atoms with Crippen LogP contribution in [-0.4, -0.2) is 24.5 Å². The Balaban J connectivity index is 2.59. The Morgan fingerprint density at radius 3 is 2.56 bits per heavy atom. The number of hydrogen-bond donors (Lipinski definition) is 0. The van der Waals surface area contributed by atoms with Crippen LogP contribution in [0.2, 0.25) is 0 Å². The van der Waals surface area contributed by atoms with Gasteiger partial charge in [0.2, 0.25) is 0 Å². The Kier molecular flexibility index (Phi) is 4.52. The number of carbonyl (C=O) groups is 2. The summed E-state index contributed by atoms with van der Waals surface area (Å²) >= 11 is 0. The molecule has 4 nitrogen and oxygen atoms in total. The van der Waals surface area contributed by atoms with Crippen LogP contribution in [0.1, 0.15) is 29.7 Å². The first kappa shape index (κ1) is 14.3. The van der Waals surface area contributed by atoms with Crippen molar-refractivity contribution in [2.45, 2.75) is 25.9 Å². The lowest BCUT2D eigenvalue weighted by molar-refractivity contribution is -0.143. The lowest BCUT2D eigenvalue weighted by atomic mass is 10.2. The van der Waals surface area contributed by atoms with Crippen molar-refractivity contribution in [1.82, 2.24) is 0 Å². The monoisotopic (exact) mass is 264 g/mol. The van der Waals surface area contributed by atoms with Crippen molar-refractivity contribution >= 4 is 11.8 Å². The van der Waals surface area contributed by atoms with E-state index in [1.165, 1.54) is 6.07 Å². The molecule has 7 heteroatoms. The Hall–Kier alpha value is -1.79. The average molecular weight is 264 g/mol. The Morgan fingerprint density at radius 2 is 2.00 bits per heavy atom. The maximum absolute atomic E-state index is 12.1. The first-order chi connectivity index (χ1) is 8.34. The van der Waals surface area contributed by atoms with E-state index < -0.39 is 23.7 Å². The van der Waals surface area contributed by atoms with Crippen molar-refractivity contribution in [3.63, 3.8) is 0 Å². The predicted octanol–water partition coefficient (Wildman–Crippen LogP) is 2.52. The molecule has 0 saturated carbocycles. The van der Waals surface area contributed by atoms with Crippen molar-refractivity contribution in [3.05, 3.63) is 23.7 Å². The molecule has 0 amide bonds. The molecule has 0 spiro atoms. The number of Topliss-reactive ketones (excluding diaryl/α,β-unsaturated/α-hetero) is 1. The fourth-order valence-electron chi connectivity index (χ4n) is 1.23. The molecule has 1 aromatic heterocycles. The first-order valence-corrected chi connectivity index (χ1v) is 5.20. The molecule has 0 N–H and O–H groups in total. The van der Waals surface area contributed by atoms with E-state index in [1.807, 2.05) is 0 Å². The molecule has 1 rings (SSSR count). The highest BCUT2D eigenvalue weighted by molar-refractivity contribution is 5.97. The molecule has 0 saturated heterocycles. The number of carbonyl (C=O) groups excluding carboxylic acids is 2. The molecule has 0 aliphatic carbocycles. The largest absolute Gasteiger partial charge is 0.466 e. The van der Waals surface area contributed by atoms with E-state index in [0.29, 0.717) is 0 Å². The zero-order chi connectivity index (χ0) is 13.8. The van der Waals surface area contributed by atoms with E-state index in [2.05, 4.69) is 4.74 Å². The molecule has 0 bridgehead atoms. The van der Waals surface area contributed by atoms with Gasteiger partial charge in [0.1, 0.15) is 5.76 Å². The highest BCUT2D eigenvalue weighted by atomic mass is 19.4. The molecule has 1 heterocycles. The molecule has 0 aromatic carbocycles. The van der Waals surface area contributed by atoms with Crippen LogP contribution in [0.15, 0.2) is 16.5 Å². The third kappa shape index (κ3) is 3.90. The summed E-state index contributed by atoms with van der Waals surface area (Å²) in [5, 5.41) is 0. The Bertz CT molecular complexity index is 434. The standard InChI is InChI=1S/C11H11F3O4/c1-2-17-9(15)6-4-7-3-5-8(18-7)10(16)11(12,13)14/h3,5H,2,4,6H2,1H3. The molecule has 100 valence electrons. The molecule has 0 aliphatic rings. The van der Waals surface area contributed by atoms with Crippen LogP contribution < -0.4 is 0 Å². The molecule has 1 aromatic rings. The summed E-state index contributed by atoms with van der Waals surface area (Å²) < 4.78 is 45.6.